The van der Waals surface area contributed by atoms with Crippen LogP contribution >= 0.6 is 23.2 Å². The second-order valence-corrected chi connectivity index (χ2v) is 6.70. The Kier molecular flexibility index (Phi) is 4.55. The number of piperidine rings is 1. The molecule has 1 N–H and O–H groups in total. The van der Waals surface area contributed by atoms with Crippen molar-refractivity contribution in [3.63, 3.8) is 0 Å². The van der Waals surface area contributed by atoms with Crippen LogP contribution in [0.2, 0.25) is 10.0 Å². The summed E-state index contributed by atoms with van der Waals surface area (Å²) in [6.07, 6.45) is 6.81. The first-order chi connectivity index (χ1) is 10.1. The molecule has 0 bridgehead atoms. The molecule has 1 aromatic rings. The van der Waals surface area contributed by atoms with Gasteiger partial charge in [-0.25, -0.2) is 4.98 Å². The average Bonchev–Trinajstić information content (AvgIpc) is 2.43. The van der Waals surface area contributed by atoms with E-state index in [0.29, 0.717) is 16.1 Å². The lowest BCUT2D eigenvalue weighted by molar-refractivity contribution is -0.126. The van der Waals surface area contributed by atoms with Crippen molar-refractivity contribution in [2.24, 2.45) is 5.92 Å². The molecule has 1 amide bonds. The van der Waals surface area contributed by atoms with E-state index in [1.807, 2.05) is 0 Å². The zero-order valence-corrected chi connectivity index (χ0v) is 13.3. The van der Waals surface area contributed by atoms with Crippen LogP contribution in [0.25, 0.3) is 0 Å². The highest BCUT2D eigenvalue weighted by atomic mass is 35.5. The molecular weight excluding hydrogens is 309 g/mol. The number of hydrogen-bond acceptors (Lipinski definition) is 3. The summed E-state index contributed by atoms with van der Waals surface area (Å²) in [5.41, 5.74) is 0. The van der Waals surface area contributed by atoms with Gasteiger partial charge in [-0.3, -0.25) is 4.79 Å². The normalized spacial score (nSPS) is 20.2. The molecule has 1 aliphatic heterocycles. The number of carbonyl (C=O) groups excluding carboxylic acids is 1. The number of amides is 1. The van der Waals surface area contributed by atoms with E-state index in [1.165, 1.54) is 6.42 Å². The Morgan fingerprint density at radius 3 is 2.52 bits per heavy atom. The third kappa shape index (κ3) is 3.43. The maximum atomic E-state index is 12.2. The smallest absolute Gasteiger partial charge is 0.223 e. The molecular formula is C15H19Cl2N3O. The van der Waals surface area contributed by atoms with Crippen molar-refractivity contribution in [1.82, 2.24) is 10.3 Å². The van der Waals surface area contributed by atoms with Crippen molar-refractivity contribution in [3.8, 4) is 0 Å². The molecule has 0 aromatic carbocycles. The molecule has 21 heavy (non-hydrogen) atoms. The van der Waals surface area contributed by atoms with Crippen LogP contribution in [0.1, 0.15) is 32.1 Å². The lowest BCUT2D eigenvalue weighted by Crippen LogP contribution is -2.46. The highest BCUT2D eigenvalue weighted by molar-refractivity contribution is 6.36. The zero-order chi connectivity index (χ0) is 14.8. The number of pyridine rings is 1. The Morgan fingerprint density at radius 2 is 1.95 bits per heavy atom. The van der Waals surface area contributed by atoms with Crippen LogP contribution in [0.4, 0.5) is 5.82 Å². The topological polar surface area (TPSA) is 45.2 Å². The summed E-state index contributed by atoms with van der Waals surface area (Å²) >= 11 is 12.1. The predicted molar refractivity (Wildman–Crippen MR) is 85.0 cm³/mol. The van der Waals surface area contributed by atoms with E-state index in [4.69, 9.17) is 23.2 Å². The Balaban J connectivity index is 1.55. The van der Waals surface area contributed by atoms with Gasteiger partial charge in [0.1, 0.15) is 5.82 Å². The Bertz CT molecular complexity index is 526. The van der Waals surface area contributed by atoms with Gasteiger partial charge in [-0.1, -0.05) is 23.2 Å². The number of rotatable bonds is 3. The molecule has 1 saturated carbocycles. The van der Waals surface area contributed by atoms with Crippen molar-refractivity contribution in [2.45, 2.75) is 38.1 Å². The second kappa shape index (κ2) is 6.41. The number of halogens is 2. The van der Waals surface area contributed by atoms with Gasteiger partial charge < -0.3 is 10.2 Å². The summed E-state index contributed by atoms with van der Waals surface area (Å²) in [5.74, 6) is 1.10. The van der Waals surface area contributed by atoms with Crippen molar-refractivity contribution >= 4 is 34.9 Å². The van der Waals surface area contributed by atoms with Gasteiger partial charge in [-0.15, -0.1) is 0 Å². The molecule has 0 radical (unpaired) electrons. The van der Waals surface area contributed by atoms with Crippen LogP contribution in [0, 0.1) is 5.92 Å². The van der Waals surface area contributed by atoms with Crippen LogP contribution in [0.15, 0.2) is 12.3 Å². The van der Waals surface area contributed by atoms with Gasteiger partial charge in [0.2, 0.25) is 5.91 Å². The molecule has 0 spiro atoms. The minimum atomic E-state index is 0.118. The molecule has 6 heteroatoms. The first kappa shape index (κ1) is 14.9. The van der Waals surface area contributed by atoms with Crippen molar-refractivity contribution < 1.29 is 4.79 Å². The number of hydrogen-bond donors (Lipinski definition) is 1. The monoisotopic (exact) mass is 327 g/mol. The first-order valence-electron chi connectivity index (χ1n) is 7.50. The summed E-state index contributed by atoms with van der Waals surface area (Å²) in [5, 5.41) is 4.25. The van der Waals surface area contributed by atoms with Crippen LogP contribution in [-0.4, -0.2) is 30.0 Å². The molecule has 114 valence electrons. The molecule has 0 atom stereocenters. The quantitative estimate of drug-likeness (QED) is 0.926. The summed E-state index contributed by atoms with van der Waals surface area (Å²) in [6, 6.07) is 2.13. The van der Waals surface area contributed by atoms with Crippen LogP contribution in [0.5, 0.6) is 0 Å². The maximum Gasteiger partial charge on any atom is 0.223 e. The van der Waals surface area contributed by atoms with E-state index in [0.717, 1.165) is 44.6 Å². The maximum absolute atomic E-state index is 12.2. The molecule has 2 aliphatic rings. The molecule has 1 aliphatic carbocycles. The van der Waals surface area contributed by atoms with E-state index in [9.17, 15) is 4.79 Å². The third-order valence-corrected chi connectivity index (χ3v) is 4.89. The molecule has 1 aromatic heterocycles. The molecule has 1 saturated heterocycles. The standard InChI is InChI=1S/C15H19Cl2N3O/c16-11-8-13(17)14(18-9-11)20-6-4-10(5-7-20)15(21)19-12-2-1-3-12/h8-10,12H,1-7H2,(H,19,21). The molecule has 2 heterocycles. The first-order valence-corrected chi connectivity index (χ1v) is 8.25. The number of aromatic nitrogens is 1. The van der Waals surface area contributed by atoms with Crippen LogP contribution in [-0.2, 0) is 4.79 Å². The summed E-state index contributed by atoms with van der Waals surface area (Å²) in [4.78, 5) is 18.6. The van der Waals surface area contributed by atoms with Gasteiger partial charge in [0.25, 0.3) is 0 Å². The van der Waals surface area contributed by atoms with Crippen LogP contribution < -0.4 is 10.2 Å². The minimum Gasteiger partial charge on any atom is -0.355 e. The largest absolute Gasteiger partial charge is 0.355 e. The number of carbonyl (C=O) groups is 1. The number of nitrogens with zero attached hydrogens (tertiary/aromatic N) is 2. The van der Waals surface area contributed by atoms with Crippen LogP contribution in [0.3, 0.4) is 0 Å². The van der Waals surface area contributed by atoms with E-state index in [1.54, 1.807) is 12.3 Å². The van der Waals surface area contributed by atoms with Gasteiger partial charge in [0, 0.05) is 31.2 Å². The van der Waals surface area contributed by atoms with E-state index in [-0.39, 0.29) is 11.8 Å². The molecule has 3 rings (SSSR count). The number of nitrogens with one attached hydrogen (secondary N) is 1. The average molecular weight is 328 g/mol. The van der Waals surface area contributed by atoms with Crippen molar-refractivity contribution in [1.29, 1.82) is 0 Å². The fourth-order valence-corrected chi connectivity index (χ4v) is 3.36. The van der Waals surface area contributed by atoms with Gasteiger partial charge in [0.05, 0.1) is 10.0 Å². The fraction of sp³-hybridized carbons (Fsp3) is 0.600. The van der Waals surface area contributed by atoms with Gasteiger partial charge >= 0.3 is 0 Å². The van der Waals surface area contributed by atoms with E-state index in [2.05, 4.69) is 15.2 Å². The Morgan fingerprint density at radius 1 is 1.24 bits per heavy atom. The highest BCUT2D eigenvalue weighted by Gasteiger charge is 2.29. The zero-order valence-electron chi connectivity index (χ0n) is 11.8. The third-order valence-electron chi connectivity index (χ3n) is 4.41. The number of anilines is 1. The Labute approximate surface area is 134 Å². The molecule has 0 unspecified atom stereocenters. The van der Waals surface area contributed by atoms with E-state index >= 15 is 0 Å². The SMILES string of the molecule is O=C(NC1CCC1)C1CCN(c2ncc(Cl)cc2Cl)CC1. The lowest BCUT2D eigenvalue weighted by Gasteiger charge is -2.34. The van der Waals surface area contributed by atoms with Gasteiger partial charge in [-0.2, -0.15) is 0 Å². The second-order valence-electron chi connectivity index (χ2n) is 5.86. The molecule has 4 nitrogen and oxygen atoms in total. The van der Waals surface area contributed by atoms with Crippen molar-refractivity contribution in [3.05, 3.63) is 22.3 Å². The predicted octanol–water partition coefficient (Wildman–Crippen LogP) is 3.27. The van der Waals surface area contributed by atoms with Gasteiger partial charge in [0.15, 0.2) is 0 Å². The molecule has 2 fully saturated rings. The van der Waals surface area contributed by atoms with Gasteiger partial charge in [-0.05, 0) is 38.2 Å². The highest BCUT2D eigenvalue weighted by Crippen LogP contribution is 2.30. The Hall–Kier alpha value is -1.000. The van der Waals surface area contributed by atoms with Crippen molar-refractivity contribution in [2.75, 3.05) is 18.0 Å². The summed E-state index contributed by atoms with van der Waals surface area (Å²) in [6.45, 7) is 1.61. The minimum absolute atomic E-state index is 0.118. The summed E-state index contributed by atoms with van der Waals surface area (Å²) in [7, 11) is 0. The lowest BCUT2D eigenvalue weighted by atomic mass is 9.90. The fourth-order valence-electron chi connectivity index (χ4n) is 2.87. The van der Waals surface area contributed by atoms with E-state index < -0.39 is 0 Å². The summed E-state index contributed by atoms with van der Waals surface area (Å²) < 4.78 is 0.